The molecule has 1 atom stereocenters. The van der Waals surface area contributed by atoms with E-state index in [1.54, 1.807) is 25.3 Å². The first-order valence-electron chi connectivity index (χ1n) is 7.76. The first kappa shape index (κ1) is 17.0. The van der Waals surface area contributed by atoms with Gasteiger partial charge in [0.25, 0.3) is 0 Å². The van der Waals surface area contributed by atoms with Gasteiger partial charge in [-0.1, -0.05) is 31.2 Å². The van der Waals surface area contributed by atoms with Gasteiger partial charge in [-0.05, 0) is 42.7 Å². The third-order valence-corrected chi connectivity index (χ3v) is 4.00. The zero-order valence-electron chi connectivity index (χ0n) is 13.8. The molecular formula is C19H23NO3. The molecule has 0 saturated carbocycles. The number of aryl methyl sites for hydroxylation is 1. The number of carbonyl (C=O) groups excluding carboxylic acids is 1. The Bertz CT molecular complexity index is 665. The summed E-state index contributed by atoms with van der Waals surface area (Å²) < 4.78 is 5.16. The molecule has 0 aliphatic carbocycles. The number of nitrogens with one attached hydrogen (secondary N) is 1. The molecule has 0 aromatic heterocycles. The minimum Gasteiger partial charge on any atom is -0.496 e. The molecule has 1 amide bonds. The molecule has 23 heavy (non-hydrogen) atoms. The Morgan fingerprint density at radius 3 is 2.48 bits per heavy atom. The summed E-state index contributed by atoms with van der Waals surface area (Å²) in [6, 6.07) is 13.3. The van der Waals surface area contributed by atoms with E-state index in [-0.39, 0.29) is 18.4 Å². The van der Waals surface area contributed by atoms with Crippen molar-refractivity contribution in [3.63, 3.8) is 0 Å². The van der Waals surface area contributed by atoms with Crippen molar-refractivity contribution in [2.75, 3.05) is 12.4 Å². The molecule has 2 aromatic carbocycles. The molecular weight excluding hydrogens is 290 g/mol. The van der Waals surface area contributed by atoms with E-state index in [9.17, 15) is 9.90 Å². The van der Waals surface area contributed by atoms with Gasteiger partial charge in [0.05, 0.1) is 19.6 Å². The van der Waals surface area contributed by atoms with Gasteiger partial charge in [0.15, 0.2) is 0 Å². The summed E-state index contributed by atoms with van der Waals surface area (Å²) in [5.41, 5.74) is 3.53. The molecule has 0 spiro atoms. The molecule has 2 N–H and O–H groups in total. The van der Waals surface area contributed by atoms with Gasteiger partial charge in [0, 0.05) is 11.3 Å². The molecule has 2 aromatic rings. The Morgan fingerprint density at radius 2 is 1.91 bits per heavy atom. The zero-order chi connectivity index (χ0) is 16.8. The lowest BCUT2D eigenvalue weighted by Gasteiger charge is -2.14. The summed E-state index contributed by atoms with van der Waals surface area (Å²) in [4.78, 5) is 12.4. The highest BCUT2D eigenvalue weighted by Crippen LogP contribution is 2.24. The number of carbonyl (C=O) groups is 1. The molecule has 0 bridgehead atoms. The van der Waals surface area contributed by atoms with Crippen LogP contribution in [0.4, 0.5) is 5.69 Å². The van der Waals surface area contributed by atoms with Crippen LogP contribution in [0.1, 0.15) is 36.5 Å². The van der Waals surface area contributed by atoms with E-state index < -0.39 is 0 Å². The van der Waals surface area contributed by atoms with Crippen molar-refractivity contribution < 1.29 is 14.6 Å². The Labute approximate surface area is 137 Å². The third-order valence-electron chi connectivity index (χ3n) is 4.00. The number of ether oxygens (including phenoxy) is 1. The lowest BCUT2D eigenvalue weighted by Crippen LogP contribution is -2.19. The predicted octanol–water partition coefficient (Wildman–Crippen LogP) is 3.49. The number of benzene rings is 2. The maximum Gasteiger partial charge on any atom is 0.231 e. The van der Waals surface area contributed by atoms with Gasteiger partial charge in [-0.25, -0.2) is 0 Å². The van der Waals surface area contributed by atoms with Crippen LogP contribution in [0.2, 0.25) is 0 Å². The van der Waals surface area contributed by atoms with E-state index in [1.165, 1.54) is 5.56 Å². The van der Waals surface area contributed by atoms with Gasteiger partial charge in [0.1, 0.15) is 5.75 Å². The Morgan fingerprint density at radius 1 is 1.22 bits per heavy atom. The highest BCUT2D eigenvalue weighted by Gasteiger charge is 2.16. The predicted molar refractivity (Wildman–Crippen MR) is 91.8 cm³/mol. The second-order valence-corrected chi connectivity index (χ2v) is 5.49. The van der Waals surface area contributed by atoms with Crippen molar-refractivity contribution in [1.29, 1.82) is 0 Å². The van der Waals surface area contributed by atoms with E-state index in [2.05, 4.69) is 24.4 Å². The van der Waals surface area contributed by atoms with Gasteiger partial charge in [-0.15, -0.1) is 0 Å². The first-order chi connectivity index (χ1) is 11.1. The third kappa shape index (κ3) is 4.11. The smallest absolute Gasteiger partial charge is 0.231 e. The van der Waals surface area contributed by atoms with Crippen LogP contribution in [0.15, 0.2) is 42.5 Å². The second-order valence-electron chi connectivity index (χ2n) is 5.49. The van der Waals surface area contributed by atoms with Crippen LogP contribution in [-0.4, -0.2) is 18.1 Å². The largest absolute Gasteiger partial charge is 0.496 e. The van der Waals surface area contributed by atoms with Gasteiger partial charge in [0.2, 0.25) is 5.91 Å². The molecule has 4 nitrogen and oxygen atoms in total. The van der Waals surface area contributed by atoms with Gasteiger partial charge in [-0.3, -0.25) is 4.79 Å². The number of hydrogen-bond acceptors (Lipinski definition) is 3. The van der Waals surface area contributed by atoms with Gasteiger partial charge >= 0.3 is 0 Å². The lowest BCUT2D eigenvalue weighted by atomic mass is 9.98. The summed E-state index contributed by atoms with van der Waals surface area (Å²) in [6.45, 7) is 3.85. The SMILES string of the molecule is CCc1ccc(C(C)C(=O)Nc2ccc(OC)c(CO)c2)cc1. The monoisotopic (exact) mass is 313 g/mol. The van der Waals surface area contributed by atoms with Crippen molar-refractivity contribution in [3.8, 4) is 5.75 Å². The number of anilines is 1. The molecule has 0 aliphatic rings. The average molecular weight is 313 g/mol. The minimum absolute atomic E-state index is 0.0803. The zero-order valence-corrected chi connectivity index (χ0v) is 13.8. The fraction of sp³-hybridized carbons (Fsp3) is 0.316. The molecule has 2 rings (SSSR count). The van der Waals surface area contributed by atoms with E-state index in [0.717, 1.165) is 12.0 Å². The number of aliphatic hydroxyl groups excluding tert-OH is 1. The lowest BCUT2D eigenvalue weighted by molar-refractivity contribution is -0.117. The maximum absolute atomic E-state index is 12.4. The van der Waals surface area contributed by atoms with Crippen LogP contribution in [0, 0.1) is 0 Å². The average Bonchev–Trinajstić information content (AvgIpc) is 2.60. The minimum atomic E-state index is -0.249. The molecule has 0 radical (unpaired) electrons. The van der Waals surface area contributed by atoms with Crippen LogP contribution < -0.4 is 10.1 Å². The highest BCUT2D eigenvalue weighted by atomic mass is 16.5. The number of rotatable bonds is 6. The summed E-state index contributed by atoms with van der Waals surface area (Å²) in [5.74, 6) is 0.276. The summed E-state index contributed by atoms with van der Waals surface area (Å²) >= 11 is 0. The van der Waals surface area contributed by atoms with E-state index in [1.807, 2.05) is 19.1 Å². The maximum atomic E-state index is 12.4. The summed E-state index contributed by atoms with van der Waals surface area (Å²) in [5, 5.41) is 12.2. The molecule has 0 aliphatic heterocycles. The molecule has 122 valence electrons. The number of amides is 1. The van der Waals surface area contributed by atoms with E-state index >= 15 is 0 Å². The number of aliphatic hydroxyl groups is 1. The highest BCUT2D eigenvalue weighted by molar-refractivity contribution is 5.95. The van der Waals surface area contributed by atoms with Crippen molar-refractivity contribution in [2.45, 2.75) is 32.8 Å². The van der Waals surface area contributed by atoms with Crippen LogP contribution in [0.3, 0.4) is 0 Å². The number of methoxy groups -OCH3 is 1. The standard InChI is InChI=1S/C19H23NO3/c1-4-14-5-7-15(8-6-14)13(2)19(22)20-17-9-10-18(23-3)16(11-17)12-21/h5-11,13,21H,4,12H2,1-3H3,(H,20,22). The topological polar surface area (TPSA) is 58.6 Å². The quantitative estimate of drug-likeness (QED) is 0.858. The molecule has 0 heterocycles. The van der Waals surface area contributed by atoms with Crippen LogP contribution >= 0.6 is 0 Å². The summed E-state index contributed by atoms with van der Waals surface area (Å²) in [7, 11) is 1.55. The molecule has 1 unspecified atom stereocenters. The Balaban J connectivity index is 2.11. The fourth-order valence-corrected chi connectivity index (χ4v) is 2.42. The number of hydrogen-bond donors (Lipinski definition) is 2. The Hall–Kier alpha value is -2.33. The first-order valence-corrected chi connectivity index (χ1v) is 7.76. The van der Waals surface area contributed by atoms with Crippen LogP contribution in [-0.2, 0) is 17.8 Å². The molecule has 0 saturated heterocycles. The van der Waals surface area contributed by atoms with Gasteiger partial charge in [-0.2, -0.15) is 0 Å². The van der Waals surface area contributed by atoms with Crippen molar-refractivity contribution in [3.05, 3.63) is 59.2 Å². The Kier molecular flexibility index (Phi) is 5.77. The van der Waals surface area contributed by atoms with Crippen LogP contribution in [0.25, 0.3) is 0 Å². The second kappa shape index (κ2) is 7.79. The van der Waals surface area contributed by atoms with Crippen LogP contribution in [0.5, 0.6) is 5.75 Å². The summed E-state index contributed by atoms with van der Waals surface area (Å²) in [6.07, 6.45) is 0.983. The van der Waals surface area contributed by atoms with Crippen molar-refractivity contribution in [2.24, 2.45) is 0 Å². The van der Waals surface area contributed by atoms with Crippen molar-refractivity contribution in [1.82, 2.24) is 0 Å². The van der Waals surface area contributed by atoms with E-state index in [4.69, 9.17) is 4.74 Å². The molecule has 0 fully saturated rings. The fourth-order valence-electron chi connectivity index (χ4n) is 2.42. The van der Waals surface area contributed by atoms with E-state index in [0.29, 0.717) is 17.0 Å². The normalized spacial score (nSPS) is 11.8. The molecule has 4 heteroatoms. The van der Waals surface area contributed by atoms with Gasteiger partial charge < -0.3 is 15.2 Å². The van der Waals surface area contributed by atoms with Crippen molar-refractivity contribution >= 4 is 11.6 Å².